The molecule has 7 heteroatoms. The Morgan fingerprint density at radius 1 is 1.27 bits per heavy atom. The van der Waals surface area contributed by atoms with Gasteiger partial charge in [0.15, 0.2) is 15.7 Å². The molecule has 0 fully saturated rings. The van der Waals surface area contributed by atoms with Crippen molar-refractivity contribution < 1.29 is 8.42 Å². The average Bonchev–Trinajstić information content (AvgIpc) is 2.54. The van der Waals surface area contributed by atoms with Gasteiger partial charge in [0.2, 0.25) is 0 Å². The van der Waals surface area contributed by atoms with Crippen molar-refractivity contribution in [1.29, 1.82) is 0 Å². The van der Waals surface area contributed by atoms with Crippen molar-refractivity contribution in [3.05, 3.63) is 40.8 Å². The summed E-state index contributed by atoms with van der Waals surface area (Å²) in [6.07, 6.45) is 1.52. The fourth-order valence-electron chi connectivity index (χ4n) is 1.78. The van der Waals surface area contributed by atoms with E-state index < -0.39 is 9.84 Å². The van der Waals surface area contributed by atoms with Crippen LogP contribution in [0, 0.1) is 0 Å². The number of nitrogens with two attached hydrogens (primary N) is 1. The van der Waals surface area contributed by atoms with E-state index in [2.05, 4.69) is 4.98 Å². The van der Waals surface area contributed by atoms with Gasteiger partial charge in [0.25, 0.3) is 5.56 Å². The minimum atomic E-state index is -3.28. The second-order valence-corrected chi connectivity index (χ2v) is 6.64. The molecular weight excluding hydrogens is 302 g/mol. The molecule has 1 aromatic heterocycles. The highest BCUT2D eigenvalue weighted by atomic mass is 32.2. The van der Waals surface area contributed by atoms with Gasteiger partial charge >= 0.3 is 0 Å². The van der Waals surface area contributed by atoms with Crippen molar-refractivity contribution in [1.82, 2.24) is 9.55 Å². The molecule has 0 saturated heterocycles. The Morgan fingerprint density at radius 2 is 1.91 bits per heavy atom. The number of aromatic nitrogens is 2. The van der Waals surface area contributed by atoms with Crippen LogP contribution in [0.15, 0.2) is 40.2 Å². The van der Waals surface area contributed by atoms with Crippen molar-refractivity contribution in [3.63, 3.8) is 0 Å². The van der Waals surface area contributed by atoms with Crippen molar-refractivity contribution in [2.75, 3.05) is 11.5 Å². The summed E-state index contributed by atoms with van der Waals surface area (Å²) in [5.74, 6) is -0.0898. The van der Waals surface area contributed by atoms with Gasteiger partial charge in [-0.3, -0.25) is 4.79 Å². The van der Waals surface area contributed by atoms with Crippen molar-refractivity contribution in [2.45, 2.75) is 25.7 Å². The maximum atomic E-state index is 11.9. The third kappa shape index (κ3) is 3.73. The van der Waals surface area contributed by atoms with E-state index in [1.807, 2.05) is 13.8 Å². The van der Waals surface area contributed by atoms with Crippen LogP contribution in [-0.4, -0.2) is 23.7 Å². The van der Waals surface area contributed by atoms with E-state index in [0.29, 0.717) is 11.3 Å². The summed E-state index contributed by atoms with van der Waals surface area (Å²) in [6, 6.07) is 6.43. The van der Waals surface area contributed by atoms with Gasteiger partial charge in [-0.05, 0) is 12.1 Å². The number of hydrogen-bond acceptors (Lipinski definition) is 5. The van der Waals surface area contributed by atoms with Crippen LogP contribution in [0.4, 0.5) is 5.82 Å². The first-order chi connectivity index (χ1) is 10.3. The number of benzene rings is 1. The van der Waals surface area contributed by atoms with Gasteiger partial charge in [-0.15, -0.1) is 0 Å². The van der Waals surface area contributed by atoms with Crippen molar-refractivity contribution in [2.24, 2.45) is 7.05 Å². The number of hydrogen-bond donors (Lipinski definition) is 1. The molecular formula is C15H21N3O3S. The molecule has 0 spiro atoms. The molecule has 2 rings (SSSR count). The van der Waals surface area contributed by atoms with E-state index in [4.69, 9.17) is 5.73 Å². The van der Waals surface area contributed by atoms with Gasteiger partial charge in [-0.25, -0.2) is 13.4 Å². The lowest BCUT2D eigenvalue weighted by atomic mass is 10.1. The summed E-state index contributed by atoms with van der Waals surface area (Å²) >= 11 is 0. The Kier molecular flexibility index (Phi) is 5.87. The highest BCUT2D eigenvalue weighted by Gasteiger charge is 2.13. The minimum Gasteiger partial charge on any atom is -0.379 e. The van der Waals surface area contributed by atoms with E-state index in [0.717, 1.165) is 0 Å². The minimum absolute atomic E-state index is 0.0271. The van der Waals surface area contributed by atoms with Crippen molar-refractivity contribution in [3.8, 4) is 11.3 Å². The third-order valence-corrected chi connectivity index (χ3v) is 4.70. The fourth-order valence-corrected chi connectivity index (χ4v) is 2.71. The van der Waals surface area contributed by atoms with E-state index in [1.54, 1.807) is 26.1 Å². The lowest BCUT2D eigenvalue weighted by molar-refractivity contribution is 0.597. The van der Waals surface area contributed by atoms with Gasteiger partial charge < -0.3 is 10.3 Å². The van der Waals surface area contributed by atoms with Crippen LogP contribution in [0.25, 0.3) is 11.3 Å². The lowest BCUT2D eigenvalue weighted by Crippen LogP contribution is -2.21. The van der Waals surface area contributed by atoms with Crippen LogP contribution in [0.1, 0.15) is 20.8 Å². The Bertz CT molecular complexity index is 785. The highest BCUT2D eigenvalue weighted by molar-refractivity contribution is 7.91. The number of anilines is 1. The molecule has 2 aromatic rings. The monoisotopic (exact) mass is 323 g/mol. The summed E-state index contributed by atoms with van der Waals surface area (Å²) in [5, 5.41) is 0. The maximum absolute atomic E-state index is 11.9. The summed E-state index contributed by atoms with van der Waals surface area (Å²) in [6.45, 7) is 5.59. The Labute approximate surface area is 130 Å². The third-order valence-electron chi connectivity index (χ3n) is 2.97. The molecule has 120 valence electrons. The van der Waals surface area contributed by atoms with Crippen molar-refractivity contribution >= 4 is 15.7 Å². The van der Waals surface area contributed by atoms with Crippen LogP contribution in [0.3, 0.4) is 0 Å². The normalized spacial score (nSPS) is 10.7. The van der Waals surface area contributed by atoms with Gasteiger partial charge in [0.1, 0.15) is 0 Å². The Balaban J connectivity index is 0.00000116. The van der Waals surface area contributed by atoms with Gasteiger partial charge in [0, 0.05) is 18.8 Å². The van der Waals surface area contributed by atoms with Gasteiger partial charge in [-0.2, -0.15) is 0 Å². The molecule has 0 aliphatic carbocycles. The predicted octanol–water partition coefficient (Wildman–Crippen LogP) is 1.85. The quantitative estimate of drug-likeness (QED) is 0.930. The number of nitrogen functional groups attached to an aromatic ring is 1. The molecule has 1 heterocycles. The molecule has 0 unspecified atom stereocenters. The topological polar surface area (TPSA) is 95.0 Å². The molecule has 0 bridgehead atoms. The van der Waals surface area contributed by atoms with Crippen LogP contribution < -0.4 is 11.3 Å². The molecule has 0 amide bonds. The Morgan fingerprint density at radius 3 is 2.45 bits per heavy atom. The molecule has 1 aromatic carbocycles. The Hall–Kier alpha value is -2.15. The maximum Gasteiger partial charge on any atom is 0.292 e. The van der Waals surface area contributed by atoms with Crippen LogP contribution in [0.5, 0.6) is 0 Å². The SMILES string of the molecule is CC.CCS(=O)(=O)c1cccc(-c2cn(C)c(=O)c(N)n2)c1. The zero-order valence-electron chi connectivity index (χ0n) is 13.2. The number of nitrogens with zero attached hydrogens (tertiary/aromatic N) is 2. The number of rotatable bonds is 3. The molecule has 2 N–H and O–H groups in total. The van der Waals surface area contributed by atoms with Crippen LogP contribution >= 0.6 is 0 Å². The fraction of sp³-hybridized carbons (Fsp3) is 0.333. The number of aryl methyl sites for hydroxylation is 1. The lowest BCUT2D eigenvalue weighted by Gasteiger charge is -2.07. The first-order valence-corrected chi connectivity index (χ1v) is 8.66. The van der Waals surface area contributed by atoms with E-state index in [1.165, 1.54) is 22.9 Å². The average molecular weight is 323 g/mol. The van der Waals surface area contributed by atoms with Crippen LogP contribution in [-0.2, 0) is 16.9 Å². The predicted molar refractivity (Wildman–Crippen MR) is 88.4 cm³/mol. The van der Waals surface area contributed by atoms with Gasteiger partial charge in [-0.1, -0.05) is 32.9 Å². The van der Waals surface area contributed by atoms with E-state index in [9.17, 15) is 13.2 Å². The summed E-state index contributed by atoms with van der Waals surface area (Å²) in [4.78, 5) is 15.7. The van der Waals surface area contributed by atoms with E-state index >= 15 is 0 Å². The second kappa shape index (κ2) is 7.22. The molecule has 0 atom stereocenters. The second-order valence-electron chi connectivity index (χ2n) is 4.36. The standard InChI is InChI=1S/C13H15N3O3S.C2H6/c1-3-20(18,19)10-6-4-5-9(7-10)11-8-16(2)13(17)12(14)15-11;1-2/h4-8H,3H2,1-2H3,(H2,14,15);1-2H3. The summed E-state index contributed by atoms with van der Waals surface area (Å²) < 4.78 is 25.1. The molecule has 22 heavy (non-hydrogen) atoms. The molecule has 0 saturated carbocycles. The highest BCUT2D eigenvalue weighted by Crippen LogP contribution is 2.21. The van der Waals surface area contributed by atoms with E-state index in [-0.39, 0.29) is 22.0 Å². The zero-order chi connectivity index (χ0) is 16.9. The largest absolute Gasteiger partial charge is 0.379 e. The molecule has 6 nitrogen and oxygen atoms in total. The molecule has 0 radical (unpaired) electrons. The molecule has 0 aliphatic heterocycles. The number of sulfone groups is 1. The summed E-state index contributed by atoms with van der Waals surface area (Å²) in [7, 11) is -1.72. The van der Waals surface area contributed by atoms with Gasteiger partial charge in [0.05, 0.1) is 16.3 Å². The smallest absolute Gasteiger partial charge is 0.292 e. The first-order valence-electron chi connectivity index (χ1n) is 7.01. The first kappa shape index (κ1) is 17.9. The van der Waals surface area contributed by atoms with Crippen LogP contribution in [0.2, 0.25) is 0 Å². The zero-order valence-corrected chi connectivity index (χ0v) is 14.0. The molecule has 0 aliphatic rings. The summed E-state index contributed by atoms with van der Waals surface area (Å²) in [5.41, 5.74) is 6.22.